The molecule has 0 bridgehead atoms. The molecule has 2 aromatic rings. The standard InChI is InChI=1S/C17H13BrCl2O3S/c1-11(21)23-10-16(17(20)12-2-4-13(18)5-3-12)24(22)15-8-6-14(19)7-9-15/h2-9H,10H2,1H3/b17-16-. The summed E-state index contributed by atoms with van der Waals surface area (Å²) in [7, 11) is -1.58. The Morgan fingerprint density at radius 1 is 1.12 bits per heavy atom. The van der Waals surface area contributed by atoms with E-state index in [1.165, 1.54) is 6.92 Å². The molecule has 0 amide bonds. The predicted octanol–water partition coefficient (Wildman–Crippen LogP) is 5.38. The summed E-state index contributed by atoms with van der Waals surface area (Å²) in [5, 5.41) is 0.831. The van der Waals surface area contributed by atoms with Crippen LogP contribution in [0.15, 0.2) is 62.8 Å². The van der Waals surface area contributed by atoms with E-state index in [2.05, 4.69) is 15.9 Å². The Kier molecular flexibility index (Phi) is 7.04. The van der Waals surface area contributed by atoms with Crippen molar-refractivity contribution < 1.29 is 13.7 Å². The smallest absolute Gasteiger partial charge is 0.302 e. The van der Waals surface area contributed by atoms with Crippen molar-refractivity contribution in [3.63, 3.8) is 0 Å². The molecule has 2 aromatic carbocycles. The lowest BCUT2D eigenvalue weighted by atomic mass is 10.2. The molecule has 0 aliphatic carbocycles. The quantitative estimate of drug-likeness (QED) is 0.577. The lowest BCUT2D eigenvalue weighted by Gasteiger charge is -2.11. The van der Waals surface area contributed by atoms with E-state index in [-0.39, 0.29) is 11.6 Å². The maximum atomic E-state index is 12.9. The third-order valence-electron chi connectivity index (χ3n) is 3.00. The molecule has 1 unspecified atom stereocenters. The SMILES string of the molecule is CC(=O)OC/C(=C(/Cl)c1ccc(Br)cc1)S(=O)c1ccc(Cl)cc1. The predicted molar refractivity (Wildman–Crippen MR) is 101 cm³/mol. The van der Waals surface area contributed by atoms with Crippen molar-refractivity contribution in [2.45, 2.75) is 11.8 Å². The van der Waals surface area contributed by atoms with E-state index in [1.54, 1.807) is 36.4 Å². The van der Waals surface area contributed by atoms with Crippen LogP contribution < -0.4 is 0 Å². The zero-order chi connectivity index (χ0) is 17.7. The Morgan fingerprint density at radius 2 is 1.71 bits per heavy atom. The molecule has 0 N–H and O–H groups in total. The van der Waals surface area contributed by atoms with Crippen molar-refractivity contribution >= 4 is 60.9 Å². The van der Waals surface area contributed by atoms with E-state index >= 15 is 0 Å². The highest BCUT2D eigenvalue weighted by atomic mass is 79.9. The molecule has 0 saturated heterocycles. The summed E-state index contributed by atoms with van der Waals surface area (Å²) in [5.74, 6) is -0.471. The van der Waals surface area contributed by atoms with Crippen LogP contribution in [-0.4, -0.2) is 16.8 Å². The van der Waals surface area contributed by atoms with Crippen molar-refractivity contribution in [3.05, 3.63) is 68.5 Å². The molecule has 7 heteroatoms. The summed E-state index contributed by atoms with van der Waals surface area (Å²) in [4.78, 5) is 12.0. The number of rotatable bonds is 5. The second kappa shape index (κ2) is 8.81. The normalized spacial score (nSPS) is 13.2. The topological polar surface area (TPSA) is 43.4 Å². The van der Waals surface area contributed by atoms with E-state index in [9.17, 15) is 9.00 Å². The Hall–Kier alpha value is -1.14. The van der Waals surface area contributed by atoms with Gasteiger partial charge in [-0.1, -0.05) is 51.3 Å². The largest absolute Gasteiger partial charge is 0.460 e. The number of hydrogen-bond acceptors (Lipinski definition) is 3. The number of hydrogen-bond donors (Lipinski definition) is 0. The Morgan fingerprint density at radius 3 is 2.25 bits per heavy atom. The van der Waals surface area contributed by atoms with E-state index in [0.717, 1.165) is 4.47 Å². The summed E-state index contributed by atoms with van der Waals surface area (Å²) in [6, 6.07) is 13.8. The molecule has 126 valence electrons. The van der Waals surface area contributed by atoms with Crippen LogP contribution in [0.3, 0.4) is 0 Å². The molecular weight excluding hydrogens is 435 g/mol. The van der Waals surface area contributed by atoms with Crippen LogP contribution in [0.5, 0.6) is 0 Å². The summed E-state index contributed by atoms with van der Waals surface area (Å²) < 4.78 is 18.8. The lowest BCUT2D eigenvalue weighted by molar-refractivity contribution is -0.139. The Labute approximate surface area is 161 Å². The molecule has 0 spiro atoms. The molecule has 0 aromatic heterocycles. The van der Waals surface area contributed by atoms with Gasteiger partial charge in [0.05, 0.1) is 20.7 Å². The zero-order valence-corrected chi connectivity index (χ0v) is 16.5. The highest BCUT2D eigenvalue weighted by molar-refractivity contribution is 9.10. The summed E-state index contributed by atoms with van der Waals surface area (Å²) in [6.07, 6.45) is 0. The first-order chi connectivity index (χ1) is 11.4. The van der Waals surface area contributed by atoms with Gasteiger partial charge in [-0.3, -0.25) is 4.79 Å². The van der Waals surface area contributed by atoms with E-state index in [1.807, 2.05) is 12.1 Å². The number of carbonyl (C=O) groups is 1. The van der Waals surface area contributed by atoms with E-state index < -0.39 is 16.8 Å². The first-order valence-corrected chi connectivity index (χ1v) is 9.53. The molecule has 0 aliphatic rings. The van der Waals surface area contributed by atoms with Gasteiger partial charge in [0.25, 0.3) is 0 Å². The van der Waals surface area contributed by atoms with Crippen LogP contribution in [0, 0.1) is 0 Å². The monoisotopic (exact) mass is 446 g/mol. The van der Waals surface area contributed by atoms with Gasteiger partial charge in [-0.25, -0.2) is 4.21 Å². The first-order valence-electron chi connectivity index (χ1n) is 6.84. The average molecular weight is 448 g/mol. The highest BCUT2D eigenvalue weighted by Gasteiger charge is 2.18. The van der Waals surface area contributed by atoms with E-state index in [0.29, 0.717) is 20.4 Å². The number of benzene rings is 2. The number of esters is 1. The van der Waals surface area contributed by atoms with Crippen molar-refractivity contribution in [1.29, 1.82) is 0 Å². The molecule has 0 fully saturated rings. The van der Waals surface area contributed by atoms with Gasteiger partial charge in [0.15, 0.2) is 0 Å². The van der Waals surface area contributed by atoms with E-state index in [4.69, 9.17) is 27.9 Å². The Balaban J connectivity index is 2.44. The summed E-state index contributed by atoms with van der Waals surface area (Å²) in [5.41, 5.74) is 0.685. The van der Waals surface area contributed by atoms with Gasteiger partial charge in [0, 0.05) is 21.3 Å². The van der Waals surface area contributed by atoms with Crippen LogP contribution in [0.4, 0.5) is 0 Å². The number of carbonyl (C=O) groups excluding carboxylic acids is 1. The molecule has 0 heterocycles. The van der Waals surface area contributed by atoms with Crippen molar-refractivity contribution in [3.8, 4) is 0 Å². The minimum Gasteiger partial charge on any atom is -0.460 e. The van der Waals surface area contributed by atoms with Crippen LogP contribution in [0.2, 0.25) is 5.02 Å². The maximum Gasteiger partial charge on any atom is 0.302 e. The lowest BCUT2D eigenvalue weighted by Crippen LogP contribution is -2.09. The molecular formula is C17H13BrCl2O3S. The minimum absolute atomic E-state index is 0.153. The first kappa shape index (κ1) is 19.2. The van der Waals surface area contributed by atoms with Crippen molar-refractivity contribution in [1.82, 2.24) is 0 Å². The zero-order valence-electron chi connectivity index (χ0n) is 12.6. The van der Waals surface area contributed by atoms with Crippen LogP contribution in [-0.2, 0) is 20.3 Å². The van der Waals surface area contributed by atoms with Gasteiger partial charge in [-0.15, -0.1) is 0 Å². The number of ether oxygens (including phenoxy) is 1. The fraction of sp³-hybridized carbons (Fsp3) is 0.118. The second-order valence-corrected chi connectivity index (χ2v) is 7.98. The third-order valence-corrected chi connectivity index (χ3v) is 5.81. The summed E-state index contributed by atoms with van der Waals surface area (Å²) in [6.45, 7) is 1.13. The van der Waals surface area contributed by atoms with Crippen LogP contribution in [0.1, 0.15) is 12.5 Å². The summed E-state index contributed by atoms with van der Waals surface area (Å²) >= 11 is 15.7. The fourth-order valence-electron chi connectivity index (χ4n) is 1.82. The Bertz CT molecular complexity index is 786. The van der Waals surface area contributed by atoms with Gasteiger partial charge < -0.3 is 4.74 Å². The van der Waals surface area contributed by atoms with Crippen LogP contribution in [0.25, 0.3) is 5.03 Å². The molecule has 24 heavy (non-hydrogen) atoms. The highest BCUT2D eigenvalue weighted by Crippen LogP contribution is 2.29. The average Bonchev–Trinajstić information content (AvgIpc) is 2.55. The number of halogens is 3. The maximum absolute atomic E-state index is 12.9. The van der Waals surface area contributed by atoms with Crippen LogP contribution >= 0.6 is 39.1 Å². The van der Waals surface area contributed by atoms with Crippen molar-refractivity contribution in [2.24, 2.45) is 0 Å². The molecule has 3 nitrogen and oxygen atoms in total. The van der Waals surface area contributed by atoms with Gasteiger partial charge in [-0.05, 0) is 42.0 Å². The molecule has 1 atom stereocenters. The molecule has 0 radical (unpaired) electrons. The third kappa shape index (κ3) is 5.18. The van der Waals surface area contributed by atoms with Gasteiger partial charge in [0.2, 0.25) is 0 Å². The van der Waals surface area contributed by atoms with Gasteiger partial charge >= 0.3 is 5.97 Å². The fourth-order valence-corrected chi connectivity index (χ4v) is 3.72. The van der Waals surface area contributed by atoms with Gasteiger partial charge in [0.1, 0.15) is 6.61 Å². The molecule has 0 saturated carbocycles. The van der Waals surface area contributed by atoms with Crippen molar-refractivity contribution in [2.75, 3.05) is 6.61 Å². The molecule has 0 aliphatic heterocycles. The second-order valence-electron chi connectivity index (χ2n) is 4.75. The molecule has 2 rings (SSSR count). The minimum atomic E-state index is -1.58. The van der Waals surface area contributed by atoms with Gasteiger partial charge in [-0.2, -0.15) is 0 Å².